The largest absolute Gasteiger partial charge is 0.416 e. The number of sulfone groups is 1. The van der Waals surface area contributed by atoms with Gasteiger partial charge < -0.3 is 10.3 Å². The number of halogens is 23. The summed E-state index contributed by atoms with van der Waals surface area (Å²) in [7, 11) is -3.44. The number of allylic oxidation sites excluding steroid dienone is 3. The molecule has 7 heterocycles. The van der Waals surface area contributed by atoms with Crippen molar-refractivity contribution in [2.24, 2.45) is 5.73 Å². The first-order valence-electron chi connectivity index (χ1n) is 38.7. The summed E-state index contributed by atoms with van der Waals surface area (Å²) in [6.07, 6.45) is -21.3. The van der Waals surface area contributed by atoms with Crippen molar-refractivity contribution in [1.82, 2.24) is 55.0 Å². The lowest BCUT2D eigenvalue weighted by Gasteiger charge is -2.16. The molecule has 14 rings (SSSR count). The summed E-state index contributed by atoms with van der Waals surface area (Å²) in [4.78, 5) is 88.1. The molecule has 136 heavy (non-hydrogen) atoms. The Morgan fingerprint density at radius 2 is 0.757 bits per heavy atom. The number of primary amides is 1. The summed E-state index contributed by atoms with van der Waals surface area (Å²) in [5, 5.41) is 14.7. The monoisotopic (exact) mass is 1950 g/mol. The molecular formula is C91H60F23N13O7S2. The molecule has 1 fully saturated rings. The summed E-state index contributed by atoms with van der Waals surface area (Å²) in [6, 6.07) is 25.4. The Hall–Kier alpha value is -14.8. The van der Waals surface area contributed by atoms with Gasteiger partial charge in [-0.05, 0) is 193 Å². The summed E-state index contributed by atoms with van der Waals surface area (Å²) >= 11 is 1.42. The van der Waals surface area contributed by atoms with E-state index >= 15 is 0 Å². The molecule has 1 amide bonds. The number of ketones is 3. The number of nitriles is 1. The Morgan fingerprint density at radius 3 is 1.07 bits per heavy atom. The Labute approximate surface area is 757 Å². The topological polar surface area (TPSA) is 307 Å². The first-order chi connectivity index (χ1) is 63.2. The van der Waals surface area contributed by atoms with E-state index in [2.05, 4.69) is 55.0 Å². The van der Waals surface area contributed by atoms with Crippen LogP contribution in [0.5, 0.6) is 0 Å². The van der Waals surface area contributed by atoms with Crippen LogP contribution >= 0.6 is 11.3 Å². The number of aromatic nitrogens is 11. The van der Waals surface area contributed by atoms with Crippen molar-refractivity contribution in [3.8, 4) is 51.6 Å². The van der Waals surface area contributed by atoms with Crippen LogP contribution in [-0.4, -0.2) is 91.9 Å². The van der Waals surface area contributed by atoms with Gasteiger partial charge in [-0.25, -0.2) is 67.0 Å². The third-order valence-electron chi connectivity index (χ3n) is 19.4. The summed E-state index contributed by atoms with van der Waals surface area (Å²) < 4.78 is 336. The van der Waals surface area contributed by atoms with Crippen molar-refractivity contribution in [3.63, 3.8) is 0 Å². The van der Waals surface area contributed by atoms with Crippen molar-refractivity contribution >= 4 is 101 Å². The number of amides is 1. The maximum absolute atomic E-state index is 13.9. The van der Waals surface area contributed by atoms with Gasteiger partial charge in [0.1, 0.15) is 11.8 Å². The van der Waals surface area contributed by atoms with E-state index in [1.165, 1.54) is 130 Å². The smallest absolute Gasteiger partial charge is 0.366 e. The number of thiophene rings is 1. The predicted octanol–water partition coefficient (Wildman–Crippen LogP) is 23.6. The third kappa shape index (κ3) is 25.6. The van der Waals surface area contributed by atoms with Crippen molar-refractivity contribution < 1.29 is 133 Å². The Morgan fingerprint density at radius 1 is 0.434 bits per heavy atom. The predicted molar refractivity (Wildman–Crippen MR) is 448 cm³/mol. The average Bonchev–Trinajstić information content (AvgIpc) is 1.42. The Kier molecular flexibility index (Phi) is 29.7. The molecule has 20 nitrogen and oxygen atoms in total. The molecule has 45 heteroatoms. The number of carbonyl (C=O) groups is 4. The quantitative estimate of drug-likeness (QED) is 0.0581. The highest BCUT2D eigenvalue weighted by Crippen LogP contribution is 2.45. The molecule has 13 aromatic rings. The van der Waals surface area contributed by atoms with Crippen molar-refractivity contribution in [1.29, 1.82) is 5.26 Å². The zero-order valence-corrected chi connectivity index (χ0v) is 71.6. The fourth-order valence-electron chi connectivity index (χ4n) is 12.8. The number of rotatable bonds is 19. The normalized spacial score (nSPS) is 13.3. The summed E-state index contributed by atoms with van der Waals surface area (Å²) in [5.41, 5.74) is -4.24. The second-order valence-electron chi connectivity index (χ2n) is 29.6. The van der Waals surface area contributed by atoms with Gasteiger partial charge in [0.05, 0.1) is 83.1 Å². The van der Waals surface area contributed by atoms with Gasteiger partial charge in [-0.2, -0.15) is 97.5 Å². The minimum absolute atomic E-state index is 0.00596. The molecule has 0 saturated heterocycles. The van der Waals surface area contributed by atoms with E-state index in [0.29, 0.717) is 96.4 Å². The van der Waals surface area contributed by atoms with Gasteiger partial charge >= 0.3 is 43.2 Å². The highest BCUT2D eigenvalue weighted by molar-refractivity contribution is 7.92. The SMILES string of the molecule is CC(=O)/C(=C/c1ccnc(-c2cc(C(F)(F)F)cc(C(F)(F)F)c2)n1)c1c(C)noc1C.CC(=O)/C(=C/c1ccnc(-c2cc(C(F)(F)F)cc(C(F)(F)F)c2)n1)c1ccc(S(=O)(=O)C2CC2)cc1.CC(=O)/C(=C/c1ccnc(-c2cc(C(F)(F)F)cc(C(F)(F)F)c2)n1)c1cnc(C#N)nc1.CC(F)(F)c1cc(-c2nccc(/C=C(/C(N)=O)c3csc4ccccc34)n2)cc(C(F)(F)F)c1. The molecule has 0 radical (unpaired) electrons. The first-order valence-corrected chi connectivity index (χ1v) is 41.2. The minimum Gasteiger partial charge on any atom is -0.366 e. The number of hydrogen-bond acceptors (Lipinski definition) is 20. The molecule has 7 aromatic heterocycles. The van der Waals surface area contributed by atoms with Crippen LogP contribution in [0.2, 0.25) is 0 Å². The summed E-state index contributed by atoms with van der Waals surface area (Å²) in [5.74, 6) is -6.60. The van der Waals surface area contributed by atoms with Gasteiger partial charge in [0, 0.05) is 121 Å². The zero-order chi connectivity index (χ0) is 100. The number of nitrogens with two attached hydrogens (primary N) is 1. The third-order valence-corrected chi connectivity index (χ3v) is 22.7. The van der Waals surface area contributed by atoms with Crippen LogP contribution in [0.15, 0.2) is 198 Å². The van der Waals surface area contributed by atoms with Crippen LogP contribution in [-0.2, 0) is 78.2 Å². The van der Waals surface area contributed by atoms with Crippen molar-refractivity contribution in [2.45, 2.75) is 114 Å². The standard InChI is InChI=1S/C25H18F6N2O3S.C24H16F5N3OS.C21H11F6N5O.C21H15F6N3O2/c1-14(34)22(15-2-4-20(5-3-15)37(35,36)21-6-7-21)13-19-8-9-32-23(33-19)16-10-17(24(26,27)28)12-18(11-16)25(29,30)31;1-23(25,26)14-8-13(9-15(10-14)24(27,28)29)22-31-7-6-16(32-22)11-18(21(30)33)19-12-34-20-5-3-2-4-17(19)20;1-11(33)17(13-9-30-18(8-28)31-10-13)7-16-2-3-29-19(32-16)12-4-14(20(22,23)24)6-15(5-12)21(25,26)27;1-10-18(12(3)32-30-10)17(11(2)31)9-16-4-5-28-19(29-16)13-6-14(20(22,23)24)8-15(7-13)21(25,26)27/h2-5,8-13,21H,6-7H2,1H3;2-12H,1H3,(H2,30,33);2-7,9-10H,1H3;4-9H,1-3H3/b22-13-;18-11+;17-7-;17-9-. The van der Waals surface area contributed by atoms with Crippen LogP contribution in [0.1, 0.15) is 147 Å². The van der Waals surface area contributed by atoms with Crippen LogP contribution in [0.25, 0.3) is 102 Å². The molecule has 1 saturated carbocycles. The lowest BCUT2D eigenvalue weighted by Crippen LogP contribution is -2.13. The lowest BCUT2D eigenvalue weighted by atomic mass is 9.99. The van der Waals surface area contributed by atoms with Gasteiger partial charge in [-0.1, -0.05) is 35.5 Å². The van der Waals surface area contributed by atoms with E-state index in [9.17, 15) is 129 Å². The molecule has 1 aliphatic carbocycles. The lowest BCUT2D eigenvalue weighted by molar-refractivity contribution is -0.144. The van der Waals surface area contributed by atoms with Gasteiger partial charge in [0.15, 0.2) is 50.5 Å². The molecule has 1 aliphatic rings. The van der Waals surface area contributed by atoms with Gasteiger partial charge in [-0.3, -0.25) is 19.2 Å². The molecule has 2 N–H and O–H groups in total. The number of carbonyl (C=O) groups excluding carboxylic acids is 4. The van der Waals surface area contributed by atoms with Crippen LogP contribution in [0.3, 0.4) is 0 Å². The van der Waals surface area contributed by atoms with E-state index in [-0.39, 0.29) is 103 Å². The highest BCUT2D eigenvalue weighted by atomic mass is 32.2. The van der Waals surface area contributed by atoms with Crippen LogP contribution < -0.4 is 5.73 Å². The molecule has 0 bridgehead atoms. The van der Waals surface area contributed by atoms with E-state index in [4.69, 9.17) is 15.5 Å². The van der Waals surface area contributed by atoms with E-state index in [1.807, 2.05) is 24.3 Å². The number of Topliss-reactive ketones (excluding diaryl/α,β-unsaturated/α-hetero) is 3. The Balaban J connectivity index is 0.000000174. The first kappa shape index (κ1) is 102. The average molecular weight is 1950 g/mol. The fourth-order valence-corrected chi connectivity index (χ4v) is 15.4. The van der Waals surface area contributed by atoms with Crippen molar-refractivity contribution in [2.75, 3.05) is 0 Å². The minimum atomic E-state index is -5.03. The van der Waals surface area contributed by atoms with E-state index in [0.717, 1.165) is 28.5 Å². The molecule has 6 aromatic carbocycles. The maximum Gasteiger partial charge on any atom is 0.416 e. The summed E-state index contributed by atoms with van der Waals surface area (Å²) in [6.45, 7) is 7.51. The second-order valence-corrected chi connectivity index (χ2v) is 32.7. The number of fused-ring (bicyclic) bond motifs is 1. The number of alkyl halides is 23. The van der Waals surface area contributed by atoms with Crippen LogP contribution in [0.4, 0.5) is 101 Å². The Bertz CT molecular complexity index is 6920. The number of hydrogen-bond donors (Lipinski definition) is 1. The van der Waals surface area contributed by atoms with E-state index in [1.54, 1.807) is 25.3 Å². The van der Waals surface area contributed by atoms with Crippen LogP contribution in [0, 0.1) is 25.2 Å². The number of nitrogens with zero attached hydrogens (tertiary/aromatic N) is 12. The van der Waals surface area contributed by atoms with Crippen molar-refractivity contribution in [3.05, 3.63) is 295 Å². The van der Waals surface area contributed by atoms with Gasteiger partial charge in [0.2, 0.25) is 11.7 Å². The molecule has 0 spiro atoms. The fraction of sp³-hybridized carbons (Fsp3) is 0.187. The van der Waals surface area contributed by atoms with E-state index < -0.39 is 155 Å². The van der Waals surface area contributed by atoms with Gasteiger partial charge in [-0.15, -0.1) is 11.3 Å². The molecule has 0 atom stereocenters. The highest BCUT2D eigenvalue weighted by Gasteiger charge is 2.43. The zero-order valence-electron chi connectivity index (χ0n) is 70.0. The molecule has 0 unspecified atom stereocenters. The maximum atomic E-state index is 13.9. The molecular weight excluding hydrogens is 1890 g/mol. The molecule has 704 valence electrons. The number of benzene rings is 6. The van der Waals surface area contributed by atoms with Gasteiger partial charge in [0.25, 0.3) is 5.92 Å². The number of aryl methyl sites for hydroxylation is 2. The molecule has 0 aliphatic heterocycles. The second kappa shape index (κ2) is 39.8.